The van der Waals surface area contributed by atoms with Gasteiger partial charge >= 0.3 is 0 Å². The molecule has 0 atom stereocenters. The number of nitrogens with one attached hydrogen (secondary N) is 1. The van der Waals surface area contributed by atoms with Crippen LogP contribution in [0.25, 0.3) is 6.08 Å². The second-order valence-corrected chi connectivity index (χ2v) is 7.40. The highest BCUT2D eigenvalue weighted by Crippen LogP contribution is 2.16. The van der Waals surface area contributed by atoms with Crippen molar-refractivity contribution < 1.29 is 4.79 Å². The Morgan fingerprint density at radius 1 is 0.862 bits per heavy atom. The van der Waals surface area contributed by atoms with Crippen molar-refractivity contribution in [2.24, 2.45) is 0 Å². The zero-order chi connectivity index (χ0) is 20.8. The van der Waals surface area contributed by atoms with Crippen molar-refractivity contribution >= 4 is 17.7 Å². The lowest BCUT2D eigenvalue weighted by Gasteiger charge is -2.07. The first-order valence-corrected chi connectivity index (χ1v) is 9.59. The van der Waals surface area contributed by atoms with Crippen molar-refractivity contribution in [2.45, 2.75) is 27.2 Å². The Balaban J connectivity index is 1.71. The van der Waals surface area contributed by atoms with Crippen molar-refractivity contribution in [1.82, 2.24) is 0 Å². The summed E-state index contributed by atoms with van der Waals surface area (Å²) < 4.78 is 0. The Morgan fingerprint density at radius 2 is 1.48 bits per heavy atom. The van der Waals surface area contributed by atoms with E-state index in [1.165, 1.54) is 22.3 Å². The van der Waals surface area contributed by atoms with Crippen LogP contribution in [-0.4, -0.2) is 5.91 Å². The summed E-state index contributed by atoms with van der Waals surface area (Å²) in [6, 6.07) is 24.0. The molecular formula is C26H24N2O. The summed E-state index contributed by atoms with van der Waals surface area (Å²) in [6.07, 6.45) is 2.47. The van der Waals surface area contributed by atoms with Gasteiger partial charge < -0.3 is 5.32 Å². The van der Waals surface area contributed by atoms with Crippen LogP contribution in [0.15, 0.2) is 72.3 Å². The van der Waals surface area contributed by atoms with E-state index < -0.39 is 5.91 Å². The first-order chi connectivity index (χ1) is 13.9. The van der Waals surface area contributed by atoms with Crippen LogP contribution in [-0.2, 0) is 11.2 Å². The molecule has 0 saturated heterocycles. The standard InChI is InChI=1S/C26H24N2O/c1-18-4-10-25(11-5-18)28-26(29)24(17-27)16-22-8-6-21(7-9-22)15-23-13-19(2)12-20(3)14-23/h4-14,16H,15H2,1-3H3,(H,28,29)/b24-16+. The predicted octanol–water partition coefficient (Wildman–Crippen LogP) is 5.75. The molecule has 0 aliphatic rings. The molecular weight excluding hydrogens is 356 g/mol. The number of benzene rings is 3. The molecule has 0 aliphatic heterocycles. The van der Waals surface area contributed by atoms with Crippen LogP contribution in [0.2, 0.25) is 0 Å². The summed E-state index contributed by atoms with van der Waals surface area (Å²) in [5, 5.41) is 12.2. The van der Waals surface area contributed by atoms with Gasteiger partial charge in [0.2, 0.25) is 0 Å². The number of aryl methyl sites for hydroxylation is 3. The van der Waals surface area contributed by atoms with E-state index in [0.29, 0.717) is 5.69 Å². The van der Waals surface area contributed by atoms with Crippen LogP contribution in [0, 0.1) is 32.1 Å². The normalized spacial score (nSPS) is 11.0. The SMILES string of the molecule is Cc1ccc(NC(=O)/C(C#N)=C/c2ccc(Cc3cc(C)cc(C)c3)cc2)cc1. The monoisotopic (exact) mass is 380 g/mol. The maximum Gasteiger partial charge on any atom is 0.266 e. The van der Waals surface area contributed by atoms with Crippen LogP contribution in [0.3, 0.4) is 0 Å². The van der Waals surface area contributed by atoms with Gasteiger partial charge in [-0.05, 0) is 62.1 Å². The number of carbonyl (C=O) groups is 1. The lowest BCUT2D eigenvalue weighted by molar-refractivity contribution is -0.112. The van der Waals surface area contributed by atoms with Crippen LogP contribution >= 0.6 is 0 Å². The molecule has 3 nitrogen and oxygen atoms in total. The van der Waals surface area contributed by atoms with Gasteiger partial charge in [-0.2, -0.15) is 5.26 Å². The van der Waals surface area contributed by atoms with Gasteiger partial charge in [0.25, 0.3) is 5.91 Å². The van der Waals surface area contributed by atoms with Gasteiger partial charge in [-0.25, -0.2) is 0 Å². The smallest absolute Gasteiger partial charge is 0.266 e. The topological polar surface area (TPSA) is 52.9 Å². The van der Waals surface area contributed by atoms with Gasteiger partial charge in [0.05, 0.1) is 0 Å². The molecule has 3 rings (SSSR count). The van der Waals surface area contributed by atoms with Crippen molar-refractivity contribution in [3.8, 4) is 6.07 Å². The molecule has 0 saturated carbocycles. The van der Waals surface area contributed by atoms with E-state index in [9.17, 15) is 10.1 Å². The molecule has 0 aliphatic carbocycles. The van der Waals surface area contributed by atoms with E-state index in [-0.39, 0.29) is 5.57 Å². The summed E-state index contributed by atoms with van der Waals surface area (Å²) in [7, 11) is 0. The van der Waals surface area contributed by atoms with Gasteiger partial charge in [-0.15, -0.1) is 0 Å². The Labute approximate surface area is 172 Å². The minimum atomic E-state index is -0.407. The van der Waals surface area contributed by atoms with Crippen LogP contribution in [0.1, 0.15) is 33.4 Å². The zero-order valence-electron chi connectivity index (χ0n) is 17.0. The fourth-order valence-electron chi connectivity index (χ4n) is 3.29. The van der Waals surface area contributed by atoms with Gasteiger partial charge in [0, 0.05) is 5.69 Å². The molecule has 0 spiro atoms. The maximum absolute atomic E-state index is 12.4. The molecule has 1 N–H and O–H groups in total. The average Bonchev–Trinajstić information content (AvgIpc) is 2.68. The molecule has 29 heavy (non-hydrogen) atoms. The van der Waals surface area contributed by atoms with E-state index in [1.54, 1.807) is 6.08 Å². The molecule has 3 aromatic carbocycles. The Hall–Kier alpha value is -3.64. The van der Waals surface area contributed by atoms with E-state index in [4.69, 9.17) is 0 Å². The molecule has 1 amide bonds. The maximum atomic E-state index is 12.4. The van der Waals surface area contributed by atoms with Crippen molar-refractivity contribution in [1.29, 1.82) is 5.26 Å². The number of anilines is 1. The van der Waals surface area contributed by atoms with Crippen molar-refractivity contribution in [3.05, 3.63) is 106 Å². The van der Waals surface area contributed by atoms with E-state index in [0.717, 1.165) is 17.5 Å². The minimum Gasteiger partial charge on any atom is -0.321 e. The summed E-state index contributed by atoms with van der Waals surface area (Å²) in [5.74, 6) is -0.407. The lowest BCUT2D eigenvalue weighted by Crippen LogP contribution is -2.13. The Kier molecular flexibility index (Phi) is 6.26. The molecule has 3 heteroatoms. The van der Waals surface area contributed by atoms with Gasteiger partial charge in [-0.3, -0.25) is 4.79 Å². The van der Waals surface area contributed by atoms with Gasteiger partial charge in [0.15, 0.2) is 0 Å². The molecule has 144 valence electrons. The molecule has 0 heterocycles. The molecule has 0 fully saturated rings. The van der Waals surface area contributed by atoms with Gasteiger partial charge in [-0.1, -0.05) is 71.3 Å². The predicted molar refractivity (Wildman–Crippen MR) is 119 cm³/mol. The Morgan fingerprint density at radius 3 is 2.07 bits per heavy atom. The highest BCUT2D eigenvalue weighted by Gasteiger charge is 2.09. The number of nitriles is 1. The van der Waals surface area contributed by atoms with E-state index in [2.05, 4.69) is 37.4 Å². The molecule has 0 bridgehead atoms. The second kappa shape index (κ2) is 9.03. The Bertz CT molecular complexity index is 1060. The van der Waals surface area contributed by atoms with Crippen molar-refractivity contribution in [2.75, 3.05) is 5.32 Å². The van der Waals surface area contributed by atoms with Crippen molar-refractivity contribution in [3.63, 3.8) is 0 Å². The molecule has 0 radical (unpaired) electrons. The highest BCUT2D eigenvalue weighted by molar-refractivity contribution is 6.09. The lowest BCUT2D eigenvalue weighted by atomic mass is 9.99. The van der Waals surface area contributed by atoms with Crippen LogP contribution in [0.5, 0.6) is 0 Å². The number of rotatable bonds is 5. The first kappa shape index (κ1) is 20.1. The second-order valence-electron chi connectivity index (χ2n) is 7.40. The fraction of sp³-hybridized carbons (Fsp3) is 0.154. The zero-order valence-corrected chi connectivity index (χ0v) is 17.0. The summed E-state index contributed by atoms with van der Waals surface area (Å²) in [5.41, 5.74) is 7.68. The van der Waals surface area contributed by atoms with Crippen LogP contribution in [0.4, 0.5) is 5.69 Å². The average molecular weight is 380 g/mol. The molecule has 0 aromatic heterocycles. The molecule has 3 aromatic rings. The fourth-order valence-corrected chi connectivity index (χ4v) is 3.29. The summed E-state index contributed by atoms with van der Waals surface area (Å²) in [4.78, 5) is 12.4. The number of carbonyl (C=O) groups excluding carboxylic acids is 1. The van der Waals surface area contributed by atoms with Crippen LogP contribution < -0.4 is 5.32 Å². The summed E-state index contributed by atoms with van der Waals surface area (Å²) in [6.45, 7) is 6.20. The third-order valence-corrected chi connectivity index (χ3v) is 4.65. The largest absolute Gasteiger partial charge is 0.321 e. The number of hydrogen-bond acceptors (Lipinski definition) is 2. The van der Waals surface area contributed by atoms with Gasteiger partial charge in [0.1, 0.15) is 11.6 Å². The third-order valence-electron chi connectivity index (χ3n) is 4.65. The minimum absolute atomic E-state index is 0.0765. The number of nitrogens with zero attached hydrogens (tertiary/aromatic N) is 1. The highest BCUT2D eigenvalue weighted by atomic mass is 16.1. The van der Waals surface area contributed by atoms with E-state index >= 15 is 0 Å². The summed E-state index contributed by atoms with van der Waals surface area (Å²) >= 11 is 0. The molecule has 0 unspecified atom stereocenters. The number of hydrogen-bond donors (Lipinski definition) is 1. The first-order valence-electron chi connectivity index (χ1n) is 9.59. The number of amides is 1. The third kappa shape index (κ3) is 5.67. The quantitative estimate of drug-likeness (QED) is 0.453. The van der Waals surface area contributed by atoms with E-state index in [1.807, 2.05) is 61.5 Å².